The third-order valence-corrected chi connectivity index (χ3v) is 4.99. The minimum atomic E-state index is -0.0172. The number of fused-ring (bicyclic) bond motifs is 1. The highest BCUT2D eigenvalue weighted by atomic mass is 32.2. The van der Waals surface area contributed by atoms with Crippen molar-refractivity contribution in [2.45, 2.75) is 30.8 Å². The van der Waals surface area contributed by atoms with Gasteiger partial charge < -0.3 is 14.7 Å². The molecule has 1 aliphatic heterocycles. The molecule has 0 spiro atoms. The second kappa shape index (κ2) is 7.08. The number of nitrogens with zero attached hydrogens (tertiary/aromatic N) is 2. The van der Waals surface area contributed by atoms with Crippen molar-refractivity contribution >= 4 is 34.3 Å². The van der Waals surface area contributed by atoms with Crippen molar-refractivity contribution in [1.82, 2.24) is 9.88 Å². The van der Waals surface area contributed by atoms with Crippen molar-refractivity contribution in [3.05, 3.63) is 30.5 Å². The summed E-state index contributed by atoms with van der Waals surface area (Å²) in [5.74, 6) is 0.430. The summed E-state index contributed by atoms with van der Waals surface area (Å²) in [5, 5.41) is 8.12. The summed E-state index contributed by atoms with van der Waals surface area (Å²) >= 11 is 1.56. The molecule has 6 heteroatoms. The summed E-state index contributed by atoms with van der Waals surface area (Å²) in [6.07, 6.45) is 3.77. The maximum Gasteiger partial charge on any atom is 0.230 e. The molecule has 122 valence electrons. The number of carbonyl (C=O) groups is 1. The van der Waals surface area contributed by atoms with Crippen molar-refractivity contribution in [2.24, 2.45) is 12.2 Å². The first-order valence-electron chi connectivity index (χ1n) is 7.82. The molecule has 23 heavy (non-hydrogen) atoms. The molecule has 0 radical (unpaired) electrons. The van der Waals surface area contributed by atoms with Crippen LogP contribution in [0.25, 0.3) is 10.9 Å². The van der Waals surface area contributed by atoms with E-state index in [1.807, 2.05) is 19.2 Å². The van der Waals surface area contributed by atoms with E-state index < -0.39 is 0 Å². The van der Waals surface area contributed by atoms with Gasteiger partial charge in [0.1, 0.15) is 6.10 Å². The first kappa shape index (κ1) is 15.9. The van der Waals surface area contributed by atoms with E-state index in [1.165, 1.54) is 10.9 Å². The number of carbonyl (C=O) groups excluding carboxylic acids is 1. The summed E-state index contributed by atoms with van der Waals surface area (Å²) in [6.45, 7) is 2.58. The Morgan fingerprint density at radius 2 is 2.30 bits per heavy atom. The quantitative estimate of drug-likeness (QED) is 0.828. The van der Waals surface area contributed by atoms with Crippen LogP contribution in [0.1, 0.15) is 19.8 Å². The van der Waals surface area contributed by atoms with E-state index >= 15 is 0 Å². The summed E-state index contributed by atoms with van der Waals surface area (Å²) < 4.78 is 2.09. The Labute approximate surface area is 140 Å². The summed E-state index contributed by atoms with van der Waals surface area (Å²) in [4.78, 5) is 18.5. The normalized spacial score (nSPS) is 17.1. The van der Waals surface area contributed by atoms with Crippen molar-refractivity contribution < 1.29 is 9.63 Å². The van der Waals surface area contributed by atoms with Gasteiger partial charge in [-0.15, -0.1) is 11.8 Å². The van der Waals surface area contributed by atoms with Gasteiger partial charge in [0.25, 0.3) is 0 Å². The molecular formula is C17H21N3O2S. The van der Waals surface area contributed by atoms with Crippen molar-refractivity contribution in [3.8, 4) is 0 Å². The van der Waals surface area contributed by atoms with Crippen LogP contribution >= 0.6 is 11.8 Å². The average molecular weight is 331 g/mol. The number of thioether (sulfide) groups is 1. The smallest absolute Gasteiger partial charge is 0.230 e. The highest BCUT2D eigenvalue weighted by Gasteiger charge is 2.20. The molecule has 3 rings (SSSR count). The monoisotopic (exact) mass is 331 g/mol. The zero-order valence-corrected chi connectivity index (χ0v) is 14.2. The Kier molecular flexibility index (Phi) is 4.91. The van der Waals surface area contributed by atoms with Gasteiger partial charge in [-0.3, -0.25) is 4.79 Å². The molecule has 0 saturated heterocycles. The second-order valence-electron chi connectivity index (χ2n) is 5.66. The number of para-hydroxylation sites is 1. The Morgan fingerprint density at radius 1 is 1.48 bits per heavy atom. The zero-order valence-electron chi connectivity index (χ0n) is 13.4. The standard InChI is InChI=1S/C17H21N3O2S/c1-3-12-8-13(22-19-12)9-18-17(21)11-23-16-10-20(2)15-7-5-4-6-14(15)16/h4-7,10,13H,3,8-9,11H2,1-2H3,(H,18,21)/t13-/m1/s1. The number of hydrogen-bond acceptors (Lipinski definition) is 4. The Balaban J connectivity index is 1.49. The van der Waals surface area contributed by atoms with Crippen molar-refractivity contribution in [2.75, 3.05) is 12.3 Å². The molecule has 1 atom stereocenters. The number of benzene rings is 1. The minimum Gasteiger partial charge on any atom is -0.390 e. The highest BCUT2D eigenvalue weighted by molar-refractivity contribution is 8.00. The predicted molar refractivity (Wildman–Crippen MR) is 93.9 cm³/mol. The lowest BCUT2D eigenvalue weighted by molar-refractivity contribution is -0.119. The molecule has 0 aliphatic carbocycles. The first-order valence-corrected chi connectivity index (χ1v) is 8.81. The summed E-state index contributed by atoms with van der Waals surface area (Å²) in [6, 6.07) is 8.22. The number of nitrogens with one attached hydrogen (secondary N) is 1. The van der Waals surface area contributed by atoms with Crippen LogP contribution in [0.5, 0.6) is 0 Å². The van der Waals surface area contributed by atoms with E-state index in [2.05, 4.69) is 40.3 Å². The van der Waals surface area contributed by atoms with Crippen LogP contribution in [-0.2, 0) is 16.7 Å². The molecule has 0 bridgehead atoms. The van der Waals surface area contributed by atoms with Gasteiger partial charge in [0.15, 0.2) is 0 Å². The minimum absolute atomic E-state index is 0.0172. The Hall–Kier alpha value is -1.95. The van der Waals surface area contributed by atoms with Crippen LogP contribution in [0.2, 0.25) is 0 Å². The number of oxime groups is 1. The summed E-state index contributed by atoms with van der Waals surface area (Å²) in [5.41, 5.74) is 2.24. The molecule has 2 aromatic rings. The molecule has 1 aliphatic rings. The van der Waals surface area contributed by atoms with Gasteiger partial charge in [0, 0.05) is 35.5 Å². The fraction of sp³-hybridized carbons (Fsp3) is 0.412. The molecule has 0 unspecified atom stereocenters. The molecule has 1 aromatic carbocycles. The number of amides is 1. The van der Waals surface area contributed by atoms with Crippen molar-refractivity contribution in [1.29, 1.82) is 0 Å². The van der Waals surface area contributed by atoms with Crippen LogP contribution in [0.4, 0.5) is 0 Å². The van der Waals surface area contributed by atoms with E-state index in [4.69, 9.17) is 4.84 Å². The number of hydrogen-bond donors (Lipinski definition) is 1. The van der Waals surface area contributed by atoms with Crippen LogP contribution in [0.3, 0.4) is 0 Å². The van der Waals surface area contributed by atoms with E-state index in [1.54, 1.807) is 11.8 Å². The van der Waals surface area contributed by atoms with Crippen LogP contribution < -0.4 is 5.32 Å². The Bertz CT molecular complexity index is 739. The molecule has 1 amide bonds. The fourth-order valence-corrected chi connectivity index (χ4v) is 3.60. The molecule has 2 heterocycles. The van der Waals surface area contributed by atoms with Gasteiger partial charge >= 0.3 is 0 Å². The van der Waals surface area contributed by atoms with Crippen molar-refractivity contribution in [3.63, 3.8) is 0 Å². The molecular weight excluding hydrogens is 310 g/mol. The molecule has 0 fully saturated rings. The maximum absolute atomic E-state index is 12.0. The summed E-state index contributed by atoms with van der Waals surface area (Å²) in [7, 11) is 2.02. The molecule has 0 saturated carbocycles. The zero-order chi connectivity index (χ0) is 16.2. The lowest BCUT2D eigenvalue weighted by Gasteiger charge is -2.09. The largest absolute Gasteiger partial charge is 0.390 e. The van der Waals surface area contributed by atoms with Gasteiger partial charge in [-0.25, -0.2) is 0 Å². The third-order valence-electron chi connectivity index (χ3n) is 3.95. The molecule has 5 nitrogen and oxygen atoms in total. The van der Waals surface area contributed by atoms with Gasteiger partial charge in [-0.1, -0.05) is 30.3 Å². The predicted octanol–water partition coefficient (Wildman–Crippen LogP) is 2.94. The molecule has 1 aromatic heterocycles. The fourth-order valence-electron chi connectivity index (χ4n) is 2.65. The number of aryl methyl sites for hydroxylation is 1. The van der Waals surface area contributed by atoms with Gasteiger partial charge in [0.2, 0.25) is 5.91 Å². The molecule has 1 N–H and O–H groups in total. The first-order chi connectivity index (χ1) is 11.2. The van der Waals surface area contributed by atoms with E-state index in [0.29, 0.717) is 12.3 Å². The maximum atomic E-state index is 12.0. The van der Waals surface area contributed by atoms with E-state index in [-0.39, 0.29) is 12.0 Å². The second-order valence-corrected chi connectivity index (χ2v) is 6.67. The van der Waals surface area contributed by atoms with Crippen LogP contribution in [-0.4, -0.2) is 34.6 Å². The number of aromatic nitrogens is 1. The lowest BCUT2D eigenvalue weighted by atomic mass is 10.1. The Morgan fingerprint density at radius 3 is 3.09 bits per heavy atom. The highest BCUT2D eigenvalue weighted by Crippen LogP contribution is 2.29. The van der Waals surface area contributed by atoms with Crippen LogP contribution in [0, 0.1) is 0 Å². The van der Waals surface area contributed by atoms with E-state index in [0.717, 1.165) is 23.4 Å². The topological polar surface area (TPSA) is 55.6 Å². The SMILES string of the molecule is CCC1=NO[C@@H](CNC(=O)CSc2cn(C)c3ccccc23)C1. The number of rotatable bonds is 6. The van der Waals surface area contributed by atoms with E-state index in [9.17, 15) is 4.79 Å². The van der Waals surface area contributed by atoms with Gasteiger partial charge in [-0.05, 0) is 12.5 Å². The van der Waals surface area contributed by atoms with Gasteiger partial charge in [0.05, 0.1) is 18.0 Å². The van der Waals surface area contributed by atoms with Crippen LogP contribution in [0.15, 0.2) is 40.5 Å². The lowest BCUT2D eigenvalue weighted by Crippen LogP contribution is -2.33. The van der Waals surface area contributed by atoms with Gasteiger partial charge in [-0.2, -0.15) is 0 Å². The third kappa shape index (κ3) is 3.69. The average Bonchev–Trinajstić information content (AvgIpc) is 3.16.